The number of benzene rings is 1. The molecule has 0 unspecified atom stereocenters. The lowest BCUT2D eigenvalue weighted by molar-refractivity contribution is -0.0849. The Kier molecular flexibility index (Phi) is 6.12. The van der Waals surface area contributed by atoms with Crippen LogP contribution in [0.4, 0.5) is 0 Å². The number of rotatable bonds is 5. The zero-order valence-corrected chi connectivity index (χ0v) is 18.1. The minimum atomic E-state index is -0.335. The second-order valence-corrected chi connectivity index (χ2v) is 8.67. The van der Waals surface area contributed by atoms with Gasteiger partial charge in [0.25, 0.3) is 5.91 Å². The second kappa shape index (κ2) is 9.32. The van der Waals surface area contributed by atoms with E-state index in [-0.39, 0.29) is 17.6 Å². The summed E-state index contributed by atoms with van der Waals surface area (Å²) in [6.45, 7) is 4.24. The van der Waals surface area contributed by atoms with Gasteiger partial charge in [-0.15, -0.1) is 0 Å². The standard InChI is InChI=1S/C25H28N4O3/c30-24(20-7-2-10-26-14-20)28-15-22-8-9-25(32-22)17-29(12-13-31-18-25)16-21-5-1-4-19-6-3-11-27-23(19)21/h1-7,10-11,14,22H,8-9,12-13,15-18H2,(H,28,30)/t22-,25-/m0/s1. The third kappa shape index (κ3) is 4.65. The summed E-state index contributed by atoms with van der Waals surface area (Å²) in [6, 6.07) is 13.9. The predicted octanol–water partition coefficient (Wildman–Crippen LogP) is 2.81. The van der Waals surface area contributed by atoms with Gasteiger partial charge in [0.05, 0.1) is 30.4 Å². The van der Waals surface area contributed by atoms with Crippen LogP contribution >= 0.6 is 0 Å². The summed E-state index contributed by atoms with van der Waals surface area (Å²) in [6.07, 6.45) is 6.89. The number of fused-ring (bicyclic) bond motifs is 1. The van der Waals surface area contributed by atoms with E-state index in [0.29, 0.717) is 25.3 Å². The molecule has 2 saturated heterocycles. The molecular weight excluding hydrogens is 404 g/mol. The Hall–Kier alpha value is -2.87. The number of hydrogen-bond donors (Lipinski definition) is 1. The molecule has 0 saturated carbocycles. The molecule has 0 radical (unpaired) electrons. The zero-order valence-electron chi connectivity index (χ0n) is 18.1. The Morgan fingerprint density at radius 2 is 2.09 bits per heavy atom. The highest BCUT2D eigenvalue weighted by Gasteiger charge is 2.43. The topological polar surface area (TPSA) is 76.6 Å². The number of aromatic nitrogens is 2. The number of carbonyl (C=O) groups is 1. The van der Waals surface area contributed by atoms with Crippen LogP contribution in [-0.4, -0.2) is 65.3 Å². The molecule has 7 heteroatoms. The quantitative estimate of drug-likeness (QED) is 0.668. The molecule has 1 amide bonds. The highest BCUT2D eigenvalue weighted by atomic mass is 16.6. The maximum absolute atomic E-state index is 12.3. The van der Waals surface area contributed by atoms with Gasteiger partial charge in [-0.1, -0.05) is 24.3 Å². The van der Waals surface area contributed by atoms with Crippen LogP contribution in [0.3, 0.4) is 0 Å². The fourth-order valence-electron chi connectivity index (χ4n) is 4.72. The summed E-state index contributed by atoms with van der Waals surface area (Å²) in [5.41, 5.74) is 2.50. The number of carbonyl (C=O) groups excluding carboxylic acids is 1. The molecule has 2 aliphatic heterocycles. The Labute approximate surface area is 187 Å². The molecule has 166 valence electrons. The first-order valence-corrected chi connectivity index (χ1v) is 11.2. The Morgan fingerprint density at radius 1 is 1.19 bits per heavy atom. The molecule has 5 rings (SSSR count). The van der Waals surface area contributed by atoms with Gasteiger partial charge in [0, 0.05) is 50.2 Å². The lowest BCUT2D eigenvalue weighted by atomic mass is 9.99. The Bertz CT molecular complexity index is 1070. The van der Waals surface area contributed by atoms with Crippen molar-refractivity contribution in [3.8, 4) is 0 Å². The summed E-state index contributed by atoms with van der Waals surface area (Å²) >= 11 is 0. The molecule has 2 atom stereocenters. The van der Waals surface area contributed by atoms with Crippen LogP contribution in [-0.2, 0) is 16.0 Å². The molecule has 1 spiro atoms. The predicted molar refractivity (Wildman–Crippen MR) is 121 cm³/mol. The van der Waals surface area contributed by atoms with Gasteiger partial charge in [0.1, 0.15) is 5.60 Å². The van der Waals surface area contributed by atoms with Crippen molar-refractivity contribution >= 4 is 16.8 Å². The normalized spacial score (nSPS) is 23.9. The molecule has 2 aliphatic rings. The highest BCUT2D eigenvalue weighted by Crippen LogP contribution is 2.33. The van der Waals surface area contributed by atoms with Gasteiger partial charge in [-0.05, 0) is 36.6 Å². The number of hydrogen-bond acceptors (Lipinski definition) is 6. The van der Waals surface area contributed by atoms with E-state index >= 15 is 0 Å². The van der Waals surface area contributed by atoms with E-state index in [4.69, 9.17) is 9.47 Å². The van der Waals surface area contributed by atoms with Crippen LogP contribution in [0, 0.1) is 0 Å². The molecular formula is C25H28N4O3. The van der Waals surface area contributed by atoms with Crippen LogP contribution in [0.5, 0.6) is 0 Å². The summed E-state index contributed by atoms with van der Waals surface area (Å²) in [4.78, 5) is 23.4. The molecule has 2 aromatic heterocycles. The van der Waals surface area contributed by atoms with Crippen LogP contribution in [0.2, 0.25) is 0 Å². The van der Waals surface area contributed by atoms with Crippen LogP contribution < -0.4 is 5.32 Å². The molecule has 2 fully saturated rings. The van der Waals surface area contributed by atoms with E-state index in [1.54, 1.807) is 24.5 Å². The minimum absolute atomic E-state index is 0.0154. The van der Waals surface area contributed by atoms with Crippen LogP contribution in [0.1, 0.15) is 28.8 Å². The summed E-state index contributed by atoms with van der Waals surface area (Å²) in [5, 5.41) is 4.14. The first-order valence-electron chi connectivity index (χ1n) is 11.2. The molecule has 32 heavy (non-hydrogen) atoms. The van der Waals surface area contributed by atoms with Crippen molar-refractivity contribution in [3.05, 3.63) is 72.2 Å². The fourth-order valence-corrected chi connectivity index (χ4v) is 4.72. The van der Waals surface area contributed by atoms with Gasteiger partial charge < -0.3 is 14.8 Å². The Morgan fingerprint density at radius 3 is 3.00 bits per heavy atom. The summed E-state index contributed by atoms with van der Waals surface area (Å²) in [7, 11) is 0. The van der Waals surface area contributed by atoms with E-state index in [9.17, 15) is 4.79 Å². The van der Waals surface area contributed by atoms with E-state index in [2.05, 4.69) is 44.5 Å². The van der Waals surface area contributed by atoms with Crippen molar-refractivity contribution < 1.29 is 14.3 Å². The maximum atomic E-state index is 12.3. The van der Waals surface area contributed by atoms with Crippen molar-refractivity contribution in [2.45, 2.75) is 31.1 Å². The largest absolute Gasteiger partial charge is 0.377 e. The number of ether oxygens (including phenoxy) is 2. The second-order valence-electron chi connectivity index (χ2n) is 8.67. The van der Waals surface area contributed by atoms with Gasteiger partial charge >= 0.3 is 0 Å². The van der Waals surface area contributed by atoms with Gasteiger partial charge in [-0.25, -0.2) is 0 Å². The first-order chi connectivity index (χ1) is 15.7. The van der Waals surface area contributed by atoms with Gasteiger partial charge in [-0.2, -0.15) is 0 Å². The van der Waals surface area contributed by atoms with Gasteiger partial charge in [-0.3, -0.25) is 19.7 Å². The van der Waals surface area contributed by atoms with Crippen LogP contribution in [0.15, 0.2) is 61.1 Å². The number of nitrogens with one attached hydrogen (secondary N) is 1. The summed E-state index contributed by atoms with van der Waals surface area (Å²) < 4.78 is 12.5. The van der Waals surface area contributed by atoms with E-state index in [1.807, 2.05) is 12.3 Å². The van der Waals surface area contributed by atoms with Gasteiger partial charge in [0.15, 0.2) is 0 Å². The Balaban J connectivity index is 1.22. The van der Waals surface area contributed by atoms with Crippen molar-refractivity contribution in [1.82, 2.24) is 20.2 Å². The lowest BCUT2D eigenvalue weighted by Crippen LogP contribution is -2.45. The third-order valence-corrected chi connectivity index (χ3v) is 6.29. The molecule has 7 nitrogen and oxygen atoms in total. The van der Waals surface area contributed by atoms with Crippen molar-refractivity contribution in [1.29, 1.82) is 0 Å². The number of nitrogens with zero attached hydrogens (tertiary/aromatic N) is 3. The summed E-state index contributed by atoms with van der Waals surface area (Å²) in [5.74, 6) is -0.121. The van der Waals surface area contributed by atoms with Crippen molar-refractivity contribution in [3.63, 3.8) is 0 Å². The molecule has 1 aromatic carbocycles. The molecule has 0 aliphatic carbocycles. The molecule has 4 heterocycles. The monoisotopic (exact) mass is 432 g/mol. The highest BCUT2D eigenvalue weighted by molar-refractivity contribution is 5.93. The number of pyridine rings is 2. The van der Waals surface area contributed by atoms with E-state index in [0.717, 1.165) is 43.4 Å². The third-order valence-electron chi connectivity index (χ3n) is 6.29. The molecule has 1 N–H and O–H groups in total. The van der Waals surface area contributed by atoms with E-state index in [1.165, 1.54) is 5.56 Å². The number of para-hydroxylation sites is 1. The average molecular weight is 433 g/mol. The zero-order chi connectivity index (χ0) is 21.8. The minimum Gasteiger partial charge on any atom is -0.377 e. The fraction of sp³-hybridized carbons (Fsp3) is 0.400. The van der Waals surface area contributed by atoms with Gasteiger partial charge in [0.2, 0.25) is 0 Å². The average Bonchev–Trinajstić information content (AvgIpc) is 3.12. The lowest BCUT2D eigenvalue weighted by Gasteiger charge is -2.32. The van der Waals surface area contributed by atoms with Crippen molar-refractivity contribution in [2.75, 3.05) is 32.8 Å². The van der Waals surface area contributed by atoms with Crippen molar-refractivity contribution in [2.24, 2.45) is 0 Å². The smallest absolute Gasteiger partial charge is 0.252 e. The van der Waals surface area contributed by atoms with E-state index < -0.39 is 0 Å². The maximum Gasteiger partial charge on any atom is 0.252 e. The molecule has 3 aromatic rings. The first kappa shape index (κ1) is 21.0. The van der Waals surface area contributed by atoms with Crippen LogP contribution in [0.25, 0.3) is 10.9 Å². The number of amides is 1. The SMILES string of the molecule is O=C(NC[C@@H]1CC[C@]2(COCCN(Cc3cccc4cccnc34)C2)O1)c1cccnc1. The molecule has 0 bridgehead atoms.